The molecule has 2 aliphatic heterocycles. The van der Waals surface area contributed by atoms with E-state index in [-0.39, 0.29) is 18.4 Å². The highest BCUT2D eigenvalue weighted by Gasteiger charge is 2.38. The summed E-state index contributed by atoms with van der Waals surface area (Å²) >= 11 is 0. The summed E-state index contributed by atoms with van der Waals surface area (Å²) in [6.45, 7) is 0.865. The summed E-state index contributed by atoms with van der Waals surface area (Å²) < 4.78 is 9.84. The first-order chi connectivity index (χ1) is 8.63. The van der Waals surface area contributed by atoms with Crippen LogP contribution in [-0.2, 0) is 23.9 Å². The van der Waals surface area contributed by atoms with E-state index in [1.807, 2.05) is 0 Å². The number of amides is 2. The van der Waals surface area contributed by atoms with Crippen molar-refractivity contribution in [2.45, 2.75) is 24.9 Å². The fourth-order valence-corrected chi connectivity index (χ4v) is 2.20. The van der Waals surface area contributed by atoms with Crippen LogP contribution in [0, 0.1) is 0 Å². The van der Waals surface area contributed by atoms with Crippen LogP contribution >= 0.6 is 0 Å². The fraction of sp³-hybridized carbons (Fsp3) is 0.727. The molecule has 18 heavy (non-hydrogen) atoms. The average Bonchev–Trinajstić information content (AvgIpc) is 2.83. The molecule has 0 bridgehead atoms. The maximum absolute atomic E-state index is 12.2. The highest BCUT2D eigenvalue weighted by Crippen LogP contribution is 2.15. The topological polar surface area (TPSA) is 84.9 Å². The van der Waals surface area contributed by atoms with Crippen LogP contribution in [0.5, 0.6) is 0 Å². The van der Waals surface area contributed by atoms with E-state index >= 15 is 0 Å². The predicted octanol–water partition coefficient (Wildman–Crippen LogP) is -1.33. The lowest BCUT2D eigenvalue weighted by Crippen LogP contribution is -2.57. The Morgan fingerprint density at radius 1 is 1.50 bits per heavy atom. The molecule has 2 amide bonds. The molecule has 0 aromatic rings. The number of ether oxygens (including phenoxy) is 2. The van der Waals surface area contributed by atoms with Gasteiger partial charge in [-0.2, -0.15) is 0 Å². The molecular weight excluding hydrogens is 240 g/mol. The number of hydrogen-bond donors (Lipinski definition) is 1. The maximum atomic E-state index is 12.2. The highest BCUT2D eigenvalue weighted by molar-refractivity contribution is 5.93. The van der Waals surface area contributed by atoms with Crippen molar-refractivity contribution in [3.05, 3.63) is 0 Å². The molecule has 7 heteroatoms. The summed E-state index contributed by atoms with van der Waals surface area (Å²) in [7, 11) is 1.27. The van der Waals surface area contributed by atoms with Gasteiger partial charge < -0.3 is 19.7 Å². The van der Waals surface area contributed by atoms with Crippen molar-refractivity contribution >= 4 is 17.8 Å². The average molecular weight is 256 g/mol. The van der Waals surface area contributed by atoms with Gasteiger partial charge in [-0.3, -0.25) is 9.59 Å². The molecule has 0 spiro atoms. The molecule has 1 N–H and O–H groups in total. The lowest BCUT2D eigenvalue weighted by Gasteiger charge is -2.35. The SMILES string of the molecule is COC(=O)C1COCCN1C(=O)C1CCC(=O)N1. The number of carbonyl (C=O) groups excluding carboxylic acids is 3. The van der Waals surface area contributed by atoms with Gasteiger partial charge in [0.2, 0.25) is 11.8 Å². The monoisotopic (exact) mass is 256 g/mol. The summed E-state index contributed by atoms with van der Waals surface area (Å²) in [6.07, 6.45) is 0.826. The van der Waals surface area contributed by atoms with Gasteiger partial charge in [-0.25, -0.2) is 4.79 Å². The van der Waals surface area contributed by atoms with Gasteiger partial charge in [0.25, 0.3) is 0 Å². The minimum Gasteiger partial charge on any atom is -0.467 e. The molecular formula is C11H16N2O5. The second-order valence-corrected chi connectivity index (χ2v) is 4.30. The minimum absolute atomic E-state index is 0.128. The van der Waals surface area contributed by atoms with Crippen LogP contribution in [0.1, 0.15) is 12.8 Å². The molecule has 0 saturated carbocycles. The zero-order valence-corrected chi connectivity index (χ0v) is 10.2. The molecule has 2 rings (SSSR count). The number of nitrogens with zero attached hydrogens (tertiary/aromatic N) is 1. The van der Waals surface area contributed by atoms with Crippen molar-refractivity contribution < 1.29 is 23.9 Å². The van der Waals surface area contributed by atoms with Crippen LogP contribution in [0.25, 0.3) is 0 Å². The Labute approximate surface area is 104 Å². The predicted molar refractivity (Wildman–Crippen MR) is 59.5 cm³/mol. The number of nitrogens with one attached hydrogen (secondary N) is 1. The lowest BCUT2D eigenvalue weighted by molar-refractivity contribution is -0.161. The third kappa shape index (κ3) is 2.45. The Morgan fingerprint density at radius 3 is 2.89 bits per heavy atom. The number of esters is 1. The van der Waals surface area contributed by atoms with E-state index in [2.05, 4.69) is 10.1 Å². The van der Waals surface area contributed by atoms with Crippen LogP contribution in [0.15, 0.2) is 0 Å². The van der Waals surface area contributed by atoms with Crippen molar-refractivity contribution in [3.8, 4) is 0 Å². The van der Waals surface area contributed by atoms with Gasteiger partial charge in [-0.05, 0) is 6.42 Å². The molecule has 0 aromatic heterocycles. The lowest BCUT2D eigenvalue weighted by atomic mass is 10.1. The molecule has 7 nitrogen and oxygen atoms in total. The zero-order valence-electron chi connectivity index (χ0n) is 10.2. The molecule has 2 heterocycles. The van der Waals surface area contributed by atoms with Gasteiger partial charge in [-0.15, -0.1) is 0 Å². The van der Waals surface area contributed by atoms with Crippen molar-refractivity contribution in [3.63, 3.8) is 0 Å². The highest BCUT2D eigenvalue weighted by atomic mass is 16.5. The molecule has 2 fully saturated rings. The van der Waals surface area contributed by atoms with Gasteiger partial charge in [0.1, 0.15) is 6.04 Å². The van der Waals surface area contributed by atoms with E-state index in [9.17, 15) is 14.4 Å². The Hall–Kier alpha value is -1.63. The quantitative estimate of drug-likeness (QED) is 0.618. The van der Waals surface area contributed by atoms with E-state index in [1.54, 1.807) is 0 Å². The molecule has 0 aliphatic carbocycles. The number of rotatable bonds is 2. The summed E-state index contributed by atoms with van der Waals surface area (Å²) in [5.74, 6) is -0.858. The van der Waals surface area contributed by atoms with Gasteiger partial charge in [-0.1, -0.05) is 0 Å². The molecule has 0 aromatic carbocycles. The van der Waals surface area contributed by atoms with E-state index in [1.165, 1.54) is 12.0 Å². The van der Waals surface area contributed by atoms with Gasteiger partial charge in [0.15, 0.2) is 6.04 Å². The van der Waals surface area contributed by atoms with Crippen molar-refractivity contribution in [1.82, 2.24) is 10.2 Å². The van der Waals surface area contributed by atoms with Crippen LogP contribution < -0.4 is 5.32 Å². The first-order valence-electron chi connectivity index (χ1n) is 5.89. The van der Waals surface area contributed by atoms with Gasteiger partial charge in [0.05, 0.1) is 20.3 Å². The third-order valence-corrected chi connectivity index (χ3v) is 3.18. The normalized spacial score (nSPS) is 27.8. The second kappa shape index (κ2) is 5.34. The van der Waals surface area contributed by atoms with E-state index < -0.39 is 18.1 Å². The van der Waals surface area contributed by atoms with Crippen molar-refractivity contribution in [1.29, 1.82) is 0 Å². The number of methoxy groups -OCH3 is 1. The first kappa shape index (κ1) is 12.8. The molecule has 2 saturated heterocycles. The van der Waals surface area contributed by atoms with Crippen molar-refractivity contribution in [2.24, 2.45) is 0 Å². The summed E-state index contributed by atoms with van der Waals surface area (Å²) in [4.78, 5) is 36.4. The molecule has 0 radical (unpaired) electrons. The Balaban J connectivity index is 2.06. The van der Waals surface area contributed by atoms with Crippen LogP contribution in [-0.4, -0.2) is 61.6 Å². The van der Waals surface area contributed by atoms with Crippen LogP contribution in [0.2, 0.25) is 0 Å². The van der Waals surface area contributed by atoms with E-state index in [4.69, 9.17) is 4.74 Å². The Kier molecular flexibility index (Phi) is 3.81. The summed E-state index contributed by atoms with van der Waals surface area (Å²) in [6, 6.07) is -1.24. The summed E-state index contributed by atoms with van der Waals surface area (Å²) in [5.41, 5.74) is 0. The summed E-state index contributed by atoms with van der Waals surface area (Å²) in [5, 5.41) is 2.61. The smallest absolute Gasteiger partial charge is 0.331 e. The molecule has 100 valence electrons. The maximum Gasteiger partial charge on any atom is 0.331 e. The van der Waals surface area contributed by atoms with E-state index in [0.717, 1.165) is 0 Å². The fourth-order valence-electron chi connectivity index (χ4n) is 2.20. The first-order valence-corrected chi connectivity index (χ1v) is 5.89. The van der Waals surface area contributed by atoms with Crippen LogP contribution in [0.3, 0.4) is 0 Å². The van der Waals surface area contributed by atoms with Crippen molar-refractivity contribution in [2.75, 3.05) is 26.9 Å². The number of hydrogen-bond acceptors (Lipinski definition) is 5. The van der Waals surface area contributed by atoms with Gasteiger partial charge >= 0.3 is 5.97 Å². The van der Waals surface area contributed by atoms with Gasteiger partial charge in [0, 0.05) is 13.0 Å². The molecule has 2 aliphatic rings. The molecule has 2 atom stereocenters. The molecule has 2 unspecified atom stereocenters. The third-order valence-electron chi connectivity index (χ3n) is 3.18. The minimum atomic E-state index is -0.714. The largest absolute Gasteiger partial charge is 0.467 e. The number of morpholine rings is 1. The standard InChI is InChI=1S/C11H16N2O5/c1-17-11(16)8-6-18-5-4-13(8)10(15)7-2-3-9(14)12-7/h7-8H,2-6H2,1H3,(H,12,14). The Bertz CT molecular complexity index is 370. The van der Waals surface area contributed by atoms with E-state index in [0.29, 0.717) is 26.0 Å². The Morgan fingerprint density at radius 2 is 2.28 bits per heavy atom. The number of carbonyl (C=O) groups is 3. The zero-order chi connectivity index (χ0) is 13.1. The second-order valence-electron chi connectivity index (χ2n) is 4.30. The van der Waals surface area contributed by atoms with Crippen LogP contribution in [0.4, 0.5) is 0 Å².